The summed E-state index contributed by atoms with van der Waals surface area (Å²) in [6, 6.07) is 0. The third-order valence-electron chi connectivity index (χ3n) is 4.29. The Morgan fingerprint density at radius 3 is 2.13 bits per heavy atom. The minimum absolute atomic E-state index is 0.0453. The van der Waals surface area contributed by atoms with Gasteiger partial charge in [-0.3, -0.25) is 4.90 Å². The third-order valence-corrected chi connectivity index (χ3v) is 4.29. The molecular formula is C12H24N2O. The number of aliphatic hydroxyl groups excluding tert-OH is 1. The highest BCUT2D eigenvalue weighted by atomic mass is 16.3. The molecule has 15 heavy (non-hydrogen) atoms. The molecule has 3 heteroatoms. The molecule has 88 valence electrons. The number of hydrogen-bond acceptors (Lipinski definition) is 3. The van der Waals surface area contributed by atoms with Crippen LogP contribution in [0, 0.1) is 0 Å². The molecule has 2 aliphatic heterocycles. The standard InChI is InChI=1S/C12H24N2O/c1-12(5-9-13(2)10-6-12)14-7-3-11(15)4-8-14/h11,15H,3-10H2,1-2H3. The monoisotopic (exact) mass is 212 g/mol. The average Bonchev–Trinajstić information content (AvgIpc) is 2.24. The molecule has 2 rings (SSSR count). The summed E-state index contributed by atoms with van der Waals surface area (Å²) in [5, 5.41) is 9.52. The normalized spacial score (nSPS) is 30.6. The second-order valence-electron chi connectivity index (χ2n) is 5.52. The molecule has 0 saturated carbocycles. The van der Waals surface area contributed by atoms with Gasteiger partial charge in [0.1, 0.15) is 0 Å². The molecule has 0 atom stereocenters. The van der Waals surface area contributed by atoms with Gasteiger partial charge in [0.15, 0.2) is 0 Å². The van der Waals surface area contributed by atoms with E-state index in [9.17, 15) is 5.11 Å². The first-order valence-corrected chi connectivity index (χ1v) is 6.22. The molecule has 0 unspecified atom stereocenters. The van der Waals surface area contributed by atoms with Crippen molar-refractivity contribution in [2.75, 3.05) is 33.2 Å². The van der Waals surface area contributed by atoms with Crippen molar-refractivity contribution in [3.05, 3.63) is 0 Å². The molecule has 2 saturated heterocycles. The van der Waals surface area contributed by atoms with Gasteiger partial charge in [-0.05, 0) is 52.7 Å². The molecule has 0 aliphatic carbocycles. The SMILES string of the molecule is CN1CCC(C)(N2CCC(O)CC2)CC1. The maximum absolute atomic E-state index is 9.52. The van der Waals surface area contributed by atoms with Crippen molar-refractivity contribution in [2.45, 2.75) is 44.2 Å². The molecule has 2 fully saturated rings. The average molecular weight is 212 g/mol. The van der Waals surface area contributed by atoms with Gasteiger partial charge in [0.25, 0.3) is 0 Å². The zero-order valence-electron chi connectivity index (χ0n) is 10.1. The van der Waals surface area contributed by atoms with Gasteiger partial charge in [0, 0.05) is 18.6 Å². The van der Waals surface area contributed by atoms with E-state index in [-0.39, 0.29) is 6.10 Å². The Hall–Kier alpha value is -0.120. The molecule has 3 nitrogen and oxygen atoms in total. The van der Waals surface area contributed by atoms with Gasteiger partial charge in [-0.1, -0.05) is 0 Å². The molecule has 0 aromatic heterocycles. The molecule has 0 radical (unpaired) electrons. The third kappa shape index (κ3) is 2.52. The van der Waals surface area contributed by atoms with Gasteiger partial charge in [-0.15, -0.1) is 0 Å². The van der Waals surface area contributed by atoms with Crippen molar-refractivity contribution in [3.63, 3.8) is 0 Å². The predicted molar refractivity (Wildman–Crippen MR) is 61.9 cm³/mol. The number of nitrogens with zero attached hydrogens (tertiary/aromatic N) is 2. The highest BCUT2D eigenvalue weighted by Crippen LogP contribution is 2.30. The fourth-order valence-electron chi connectivity index (χ4n) is 2.82. The lowest BCUT2D eigenvalue weighted by atomic mass is 9.86. The van der Waals surface area contributed by atoms with E-state index in [1.54, 1.807) is 0 Å². The van der Waals surface area contributed by atoms with E-state index in [4.69, 9.17) is 0 Å². The van der Waals surface area contributed by atoms with Gasteiger partial charge in [-0.25, -0.2) is 0 Å². The summed E-state index contributed by atoms with van der Waals surface area (Å²) >= 11 is 0. The molecule has 0 aromatic rings. The van der Waals surface area contributed by atoms with Gasteiger partial charge >= 0.3 is 0 Å². The van der Waals surface area contributed by atoms with Crippen LogP contribution in [-0.2, 0) is 0 Å². The van der Waals surface area contributed by atoms with Crippen molar-refractivity contribution < 1.29 is 5.11 Å². The number of hydrogen-bond donors (Lipinski definition) is 1. The van der Waals surface area contributed by atoms with Crippen molar-refractivity contribution in [1.82, 2.24) is 9.80 Å². The molecule has 0 bridgehead atoms. The van der Waals surface area contributed by atoms with E-state index in [1.165, 1.54) is 25.9 Å². The van der Waals surface area contributed by atoms with E-state index in [2.05, 4.69) is 23.8 Å². The quantitative estimate of drug-likeness (QED) is 0.700. The first-order valence-electron chi connectivity index (χ1n) is 6.22. The summed E-state index contributed by atoms with van der Waals surface area (Å²) in [6.45, 7) is 7.01. The van der Waals surface area contributed by atoms with Crippen molar-refractivity contribution in [3.8, 4) is 0 Å². The topological polar surface area (TPSA) is 26.7 Å². The molecule has 0 aromatic carbocycles. The van der Waals surface area contributed by atoms with Crippen LogP contribution >= 0.6 is 0 Å². The lowest BCUT2D eigenvalue weighted by Gasteiger charge is -2.48. The summed E-state index contributed by atoms with van der Waals surface area (Å²) < 4.78 is 0. The summed E-state index contributed by atoms with van der Waals surface area (Å²) in [5.74, 6) is 0. The second-order valence-corrected chi connectivity index (χ2v) is 5.52. The van der Waals surface area contributed by atoms with Crippen molar-refractivity contribution in [1.29, 1.82) is 0 Å². The van der Waals surface area contributed by atoms with Crippen LogP contribution in [0.15, 0.2) is 0 Å². The molecule has 1 N–H and O–H groups in total. The van der Waals surface area contributed by atoms with Crippen LogP contribution in [0.1, 0.15) is 32.6 Å². The van der Waals surface area contributed by atoms with Gasteiger partial charge in [0.05, 0.1) is 6.10 Å². The number of likely N-dealkylation sites (tertiary alicyclic amines) is 2. The zero-order valence-corrected chi connectivity index (χ0v) is 10.1. The largest absolute Gasteiger partial charge is 0.393 e. The second kappa shape index (κ2) is 4.40. The maximum Gasteiger partial charge on any atom is 0.0564 e. The fraction of sp³-hybridized carbons (Fsp3) is 1.00. The van der Waals surface area contributed by atoms with Crippen LogP contribution in [0.3, 0.4) is 0 Å². The van der Waals surface area contributed by atoms with E-state index in [0.717, 1.165) is 25.9 Å². The minimum Gasteiger partial charge on any atom is -0.393 e. The van der Waals surface area contributed by atoms with Crippen LogP contribution in [0.2, 0.25) is 0 Å². The lowest BCUT2D eigenvalue weighted by Crippen LogP contribution is -2.55. The summed E-state index contributed by atoms with van der Waals surface area (Å²) in [7, 11) is 2.21. The Bertz CT molecular complexity index is 204. The van der Waals surface area contributed by atoms with Crippen LogP contribution in [0.25, 0.3) is 0 Å². The summed E-state index contributed by atoms with van der Waals surface area (Å²) in [5.41, 5.74) is 0.395. The van der Waals surface area contributed by atoms with E-state index < -0.39 is 0 Å². The maximum atomic E-state index is 9.52. The van der Waals surface area contributed by atoms with E-state index >= 15 is 0 Å². The summed E-state index contributed by atoms with van der Waals surface area (Å²) in [4.78, 5) is 5.02. The highest BCUT2D eigenvalue weighted by Gasteiger charge is 2.36. The fourth-order valence-corrected chi connectivity index (χ4v) is 2.82. The molecular weight excluding hydrogens is 188 g/mol. The summed E-state index contributed by atoms with van der Waals surface area (Å²) in [6.07, 6.45) is 4.44. The number of piperidine rings is 2. The van der Waals surface area contributed by atoms with Crippen LogP contribution < -0.4 is 0 Å². The smallest absolute Gasteiger partial charge is 0.0564 e. The Morgan fingerprint density at radius 2 is 1.60 bits per heavy atom. The number of aliphatic hydroxyl groups is 1. The zero-order chi connectivity index (χ0) is 10.9. The van der Waals surface area contributed by atoms with Crippen molar-refractivity contribution in [2.24, 2.45) is 0 Å². The molecule has 0 spiro atoms. The lowest BCUT2D eigenvalue weighted by molar-refractivity contribution is -0.00622. The minimum atomic E-state index is -0.0453. The van der Waals surface area contributed by atoms with E-state index in [1.807, 2.05) is 0 Å². The Kier molecular flexibility index (Phi) is 3.33. The Morgan fingerprint density at radius 1 is 1.07 bits per heavy atom. The van der Waals surface area contributed by atoms with Crippen LogP contribution in [-0.4, -0.2) is 59.8 Å². The first-order chi connectivity index (χ1) is 7.10. The predicted octanol–water partition coefficient (Wildman–Crippen LogP) is 0.927. The van der Waals surface area contributed by atoms with Crippen molar-refractivity contribution >= 4 is 0 Å². The first kappa shape index (κ1) is 11.4. The molecule has 2 heterocycles. The Labute approximate surface area is 93.1 Å². The van der Waals surface area contributed by atoms with Gasteiger partial charge in [-0.2, -0.15) is 0 Å². The van der Waals surface area contributed by atoms with Crippen LogP contribution in [0.4, 0.5) is 0 Å². The van der Waals surface area contributed by atoms with Gasteiger partial charge in [0.2, 0.25) is 0 Å². The number of rotatable bonds is 1. The van der Waals surface area contributed by atoms with E-state index in [0.29, 0.717) is 5.54 Å². The molecule has 0 amide bonds. The Balaban J connectivity index is 1.91. The highest BCUT2D eigenvalue weighted by molar-refractivity contribution is 4.92. The van der Waals surface area contributed by atoms with Gasteiger partial charge < -0.3 is 10.0 Å². The molecule has 2 aliphatic rings. The van der Waals surface area contributed by atoms with Crippen LogP contribution in [0.5, 0.6) is 0 Å².